The first-order valence-electron chi connectivity index (χ1n) is 13.9. The van der Waals surface area contributed by atoms with Crippen LogP contribution in [0, 0.1) is 6.92 Å². The van der Waals surface area contributed by atoms with E-state index < -0.39 is 41.5 Å². The second-order valence-electron chi connectivity index (χ2n) is 10.5. The third-order valence-electron chi connectivity index (χ3n) is 7.23. The second-order valence-corrected chi connectivity index (χ2v) is 13.3. The highest BCUT2D eigenvalue weighted by Gasteiger charge is 2.33. The standard InChI is InChI=1S/C33H25N5O7S2/c1-20-7-9-23(10-8-20)35-36-29-15-16-30(28-19-25(46(40,41)42)12-14-27(28)29)37-38-32-31(47(43,44)45)18-21-17-24(11-13-26(21)33(32)39)34-22-5-3-2-4-6-22/h2-19,34,37H,1H3,(H,40,41,42)(H,43,44,45)/b36-35?,38-32-. The number of hydrogen-bond acceptors (Lipinski definition) is 10. The smallest absolute Gasteiger partial charge is 0.296 e. The first-order chi connectivity index (χ1) is 22.4. The van der Waals surface area contributed by atoms with Gasteiger partial charge in [0.05, 0.1) is 22.0 Å². The Hall–Kier alpha value is -5.54. The molecular weight excluding hydrogens is 643 g/mol. The number of nitrogens with one attached hydrogen (secondary N) is 2. The fraction of sp³-hybridized carbons (Fsp3) is 0.0303. The molecule has 0 atom stereocenters. The molecule has 0 saturated carbocycles. The Labute approximate surface area is 269 Å². The number of carbonyl (C=O) groups is 1. The molecule has 1 aliphatic rings. The maximum absolute atomic E-state index is 13.6. The summed E-state index contributed by atoms with van der Waals surface area (Å²) < 4.78 is 68.6. The van der Waals surface area contributed by atoms with E-state index in [9.17, 15) is 30.7 Å². The van der Waals surface area contributed by atoms with E-state index in [2.05, 4.69) is 26.1 Å². The van der Waals surface area contributed by atoms with Crippen molar-refractivity contribution in [1.82, 2.24) is 0 Å². The molecule has 0 unspecified atom stereocenters. The average Bonchev–Trinajstić information content (AvgIpc) is 3.03. The number of nitrogens with zero attached hydrogens (tertiary/aromatic N) is 3. The second kappa shape index (κ2) is 12.3. The lowest BCUT2D eigenvalue weighted by molar-refractivity contribution is 0.106. The number of Topliss-reactive ketones (excluding diaryl/α,β-unsaturated/α-hetero) is 1. The van der Waals surface area contributed by atoms with Gasteiger partial charge in [-0.05, 0) is 85.3 Å². The molecular formula is C33H25N5O7S2. The van der Waals surface area contributed by atoms with Gasteiger partial charge in [0.25, 0.3) is 20.2 Å². The van der Waals surface area contributed by atoms with Crippen molar-refractivity contribution >= 4 is 77.0 Å². The van der Waals surface area contributed by atoms with E-state index in [0.717, 1.165) is 17.3 Å². The van der Waals surface area contributed by atoms with Crippen LogP contribution >= 0.6 is 0 Å². The van der Waals surface area contributed by atoms with Crippen LogP contribution in [0.1, 0.15) is 21.5 Å². The van der Waals surface area contributed by atoms with Gasteiger partial charge in [-0.1, -0.05) is 42.0 Å². The number of azo groups is 1. The number of anilines is 3. The number of hydrazone groups is 1. The predicted octanol–water partition coefficient (Wildman–Crippen LogP) is 7.45. The summed E-state index contributed by atoms with van der Waals surface area (Å²) in [7, 11) is -9.54. The van der Waals surface area contributed by atoms with Crippen molar-refractivity contribution in [2.45, 2.75) is 11.8 Å². The number of benzene rings is 5. The number of aryl methyl sites for hydroxylation is 1. The predicted molar refractivity (Wildman–Crippen MR) is 180 cm³/mol. The summed E-state index contributed by atoms with van der Waals surface area (Å²) in [6.07, 6.45) is 1.14. The average molecular weight is 668 g/mol. The minimum atomic E-state index is -4.93. The van der Waals surface area contributed by atoms with Crippen LogP contribution in [-0.4, -0.2) is 37.4 Å². The van der Waals surface area contributed by atoms with Crippen molar-refractivity contribution < 1.29 is 30.7 Å². The Morgan fingerprint density at radius 2 is 1.45 bits per heavy atom. The normalized spacial score (nSPS) is 14.3. The van der Waals surface area contributed by atoms with Crippen LogP contribution in [0.2, 0.25) is 0 Å². The number of ketones is 1. The first kappa shape index (κ1) is 31.4. The van der Waals surface area contributed by atoms with Gasteiger partial charge in [0.2, 0.25) is 5.78 Å². The van der Waals surface area contributed by atoms with Crippen molar-refractivity contribution in [3.63, 3.8) is 0 Å². The SMILES string of the molecule is Cc1ccc(N=Nc2ccc(N/N=C3\C(=O)c4ccc(Nc5ccccc5)cc4C=C3S(=O)(=O)O)c3cc(S(=O)(=O)O)ccc23)cc1. The highest BCUT2D eigenvalue weighted by Crippen LogP contribution is 2.35. The van der Waals surface area contributed by atoms with Crippen LogP contribution < -0.4 is 10.7 Å². The van der Waals surface area contributed by atoms with Crippen LogP contribution in [0.5, 0.6) is 0 Å². The summed E-state index contributed by atoms with van der Waals surface area (Å²) >= 11 is 0. The number of rotatable bonds is 8. The molecule has 5 aromatic rings. The van der Waals surface area contributed by atoms with Gasteiger partial charge < -0.3 is 5.32 Å². The van der Waals surface area contributed by atoms with Crippen LogP contribution in [0.3, 0.4) is 0 Å². The Morgan fingerprint density at radius 3 is 2.15 bits per heavy atom. The minimum Gasteiger partial charge on any atom is -0.356 e. The molecule has 0 amide bonds. The molecule has 1 aliphatic carbocycles. The Bertz CT molecular complexity index is 2370. The van der Waals surface area contributed by atoms with Crippen LogP contribution in [0.25, 0.3) is 16.8 Å². The molecule has 0 saturated heterocycles. The highest BCUT2D eigenvalue weighted by molar-refractivity contribution is 7.91. The van der Waals surface area contributed by atoms with E-state index in [1.807, 2.05) is 49.4 Å². The summed E-state index contributed by atoms with van der Waals surface area (Å²) in [4.78, 5) is 12.4. The van der Waals surface area contributed by atoms with E-state index in [0.29, 0.717) is 22.4 Å². The molecule has 47 heavy (non-hydrogen) atoms. The van der Waals surface area contributed by atoms with Gasteiger partial charge >= 0.3 is 0 Å². The molecule has 236 valence electrons. The van der Waals surface area contributed by atoms with Crippen LogP contribution in [0.4, 0.5) is 28.4 Å². The zero-order chi connectivity index (χ0) is 33.3. The molecule has 0 heterocycles. The topological polar surface area (TPSA) is 187 Å². The Balaban J connectivity index is 1.40. The summed E-state index contributed by atoms with van der Waals surface area (Å²) in [6.45, 7) is 1.94. The molecule has 0 fully saturated rings. The molecule has 6 rings (SSSR count). The van der Waals surface area contributed by atoms with Crippen molar-refractivity contribution in [2.75, 3.05) is 10.7 Å². The summed E-state index contributed by atoms with van der Waals surface area (Å²) in [5, 5.41) is 16.4. The lowest BCUT2D eigenvalue weighted by Gasteiger charge is -2.18. The zero-order valence-electron chi connectivity index (χ0n) is 24.5. The highest BCUT2D eigenvalue weighted by atomic mass is 32.2. The van der Waals surface area contributed by atoms with Crippen molar-refractivity contribution in [2.24, 2.45) is 15.3 Å². The fourth-order valence-corrected chi connectivity index (χ4v) is 6.07. The Kier molecular flexibility index (Phi) is 8.25. The van der Waals surface area contributed by atoms with Gasteiger partial charge in [-0.25, -0.2) is 0 Å². The van der Waals surface area contributed by atoms with Gasteiger partial charge in [-0.2, -0.15) is 27.1 Å². The van der Waals surface area contributed by atoms with Crippen molar-refractivity contribution in [3.05, 3.63) is 125 Å². The first-order valence-corrected chi connectivity index (χ1v) is 16.8. The summed E-state index contributed by atoms with van der Waals surface area (Å²) in [6, 6.07) is 28.1. The minimum absolute atomic E-state index is 0.141. The van der Waals surface area contributed by atoms with E-state index in [4.69, 9.17) is 0 Å². The number of carbonyl (C=O) groups excluding carboxylic acids is 1. The quantitative estimate of drug-likeness (QED) is 0.0740. The van der Waals surface area contributed by atoms with E-state index in [1.54, 1.807) is 30.3 Å². The monoisotopic (exact) mass is 667 g/mol. The molecule has 12 nitrogen and oxygen atoms in total. The lowest BCUT2D eigenvalue weighted by atomic mass is 9.94. The van der Waals surface area contributed by atoms with Gasteiger partial charge in [0.1, 0.15) is 4.91 Å². The molecule has 14 heteroatoms. The van der Waals surface area contributed by atoms with Crippen molar-refractivity contribution in [3.8, 4) is 0 Å². The third kappa shape index (κ3) is 6.85. The molecule has 0 aromatic heterocycles. The number of allylic oxidation sites excluding steroid dienone is 1. The third-order valence-corrected chi connectivity index (χ3v) is 8.95. The van der Waals surface area contributed by atoms with Crippen LogP contribution in [0.15, 0.2) is 128 Å². The van der Waals surface area contributed by atoms with Gasteiger partial charge in [0.15, 0.2) is 5.71 Å². The molecule has 0 bridgehead atoms. The molecule has 4 N–H and O–H groups in total. The largest absolute Gasteiger partial charge is 0.356 e. The summed E-state index contributed by atoms with van der Waals surface area (Å²) in [5.41, 5.74) is 5.89. The van der Waals surface area contributed by atoms with Gasteiger partial charge in [-0.15, -0.1) is 5.11 Å². The van der Waals surface area contributed by atoms with Gasteiger partial charge in [0, 0.05) is 27.7 Å². The summed E-state index contributed by atoms with van der Waals surface area (Å²) in [5.74, 6) is -0.777. The number of para-hydroxylation sites is 1. The number of fused-ring (bicyclic) bond motifs is 2. The molecule has 0 aliphatic heterocycles. The molecule has 0 radical (unpaired) electrons. The van der Waals surface area contributed by atoms with E-state index >= 15 is 0 Å². The maximum Gasteiger partial charge on any atom is 0.296 e. The van der Waals surface area contributed by atoms with Crippen molar-refractivity contribution in [1.29, 1.82) is 0 Å². The van der Waals surface area contributed by atoms with Gasteiger partial charge in [-0.3, -0.25) is 19.3 Å². The van der Waals surface area contributed by atoms with Crippen LogP contribution in [-0.2, 0) is 20.2 Å². The molecule has 0 spiro atoms. The lowest BCUT2D eigenvalue weighted by Crippen LogP contribution is -2.27. The molecule has 5 aromatic carbocycles. The van der Waals surface area contributed by atoms with E-state index in [1.165, 1.54) is 30.3 Å². The van der Waals surface area contributed by atoms with E-state index in [-0.39, 0.29) is 22.2 Å². The fourth-order valence-electron chi connectivity index (χ4n) is 4.90. The number of hydrogen-bond donors (Lipinski definition) is 4. The maximum atomic E-state index is 13.6. The zero-order valence-corrected chi connectivity index (χ0v) is 26.1. The Morgan fingerprint density at radius 1 is 0.702 bits per heavy atom.